The Labute approximate surface area is 141 Å². The van der Waals surface area contributed by atoms with E-state index < -0.39 is 0 Å². The molecular weight excluding hydrogens is 303 g/mol. The molecule has 2 aromatic rings. The summed E-state index contributed by atoms with van der Waals surface area (Å²) < 4.78 is 13.0. The molecule has 1 heterocycles. The van der Waals surface area contributed by atoms with Crippen LogP contribution in [0.25, 0.3) is 0 Å². The van der Waals surface area contributed by atoms with Crippen LogP contribution in [0.3, 0.4) is 0 Å². The standard InChI is InChI=1S/C20H21FN2O/c21-16-8-6-15(7-9-16)20(24)23-11-10-17(23)13-22-19-12-18(19)14-4-2-1-3-5-14/h1-9,17-19,22H,10-13H2/t17?,18-,19+/m0/s1. The van der Waals surface area contributed by atoms with Crippen molar-refractivity contribution >= 4 is 5.91 Å². The summed E-state index contributed by atoms with van der Waals surface area (Å²) >= 11 is 0. The molecule has 3 nitrogen and oxygen atoms in total. The first-order valence-corrected chi connectivity index (χ1v) is 8.57. The van der Waals surface area contributed by atoms with Crippen LogP contribution in [0, 0.1) is 5.82 Å². The van der Waals surface area contributed by atoms with Crippen LogP contribution in [-0.4, -0.2) is 36.0 Å². The highest BCUT2D eigenvalue weighted by Crippen LogP contribution is 2.40. The van der Waals surface area contributed by atoms with Crippen molar-refractivity contribution < 1.29 is 9.18 Å². The number of hydrogen-bond acceptors (Lipinski definition) is 2. The van der Waals surface area contributed by atoms with Gasteiger partial charge in [-0.05, 0) is 42.7 Å². The molecule has 0 aromatic heterocycles. The number of halogens is 1. The molecule has 24 heavy (non-hydrogen) atoms. The molecule has 1 N–H and O–H groups in total. The molecular formula is C20H21FN2O. The monoisotopic (exact) mass is 324 g/mol. The summed E-state index contributed by atoms with van der Waals surface area (Å²) in [7, 11) is 0. The van der Waals surface area contributed by atoms with Crippen molar-refractivity contribution in [3.63, 3.8) is 0 Å². The maximum atomic E-state index is 13.0. The fraction of sp³-hybridized carbons (Fsp3) is 0.350. The van der Waals surface area contributed by atoms with Gasteiger partial charge < -0.3 is 10.2 Å². The van der Waals surface area contributed by atoms with Gasteiger partial charge in [-0.25, -0.2) is 4.39 Å². The van der Waals surface area contributed by atoms with E-state index in [9.17, 15) is 9.18 Å². The van der Waals surface area contributed by atoms with E-state index in [1.54, 1.807) is 12.1 Å². The molecule has 0 radical (unpaired) electrons. The lowest BCUT2D eigenvalue weighted by atomic mass is 10.0. The number of amides is 1. The van der Waals surface area contributed by atoms with Crippen LogP contribution in [0.4, 0.5) is 4.39 Å². The number of carbonyl (C=O) groups excluding carboxylic acids is 1. The van der Waals surface area contributed by atoms with Crippen LogP contribution in [0.2, 0.25) is 0 Å². The first kappa shape index (κ1) is 15.3. The summed E-state index contributed by atoms with van der Waals surface area (Å²) in [5.41, 5.74) is 1.96. The molecule has 1 saturated heterocycles. The van der Waals surface area contributed by atoms with Gasteiger partial charge >= 0.3 is 0 Å². The van der Waals surface area contributed by atoms with Crippen molar-refractivity contribution in [2.24, 2.45) is 0 Å². The van der Waals surface area contributed by atoms with Gasteiger partial charge in [-0.1, -0.05) is 30.3 Å². The SMILES string of the molecule is O=C(c1ccc(F)cc1)N1CCC1CN[C@@H]1C[C@H]1c1ccccc1. The van der Waals surface area contributed by atoms with E-state index in [4.69, 9.17) is 0 Å². The quantitative estimate of drug-likeness (QED) is 0.916. The van der Waals surface area contributed by atoms with Crippen LogP contribution in [0.15, 0.2) is 54.6 Å². The van der Waals surface area contributed by atoms with Crippen LogP contribution < -0.4 is 5.32 Å². The highest BCUT2D eigenvalue weighted by molar-refractivity contribution is 5.94. The van der Waals surface area contributed by atoms with E-state index in [0.29, 0.717) is 17.5 Å². The Kier molecular flexibility index (Phi) is 4.07. The Morgan fingerprint density at radius 2 is 1.88 bits per heavy atom. The molecule has 1 aliphatic carbocycles. The van der Waals surface area contributed by atoms with Gasteiger partial charge in [-0.3, -0.25) is 4.79 Å². The number of hydrogen-bond donors (Lipinski definition) is 1. The van der Waals surface area contributed by atoms with Gasteiger partial charge in [0.1, 0.15) is 5.82 Å². The van der Waals surface area contributed by atoms with Gasteiger partial charge in [0.15, 0.2) is 0 Å². The average molecular weight is 324 g/mol. The fourth-order valence-electron chi connectivity index (χ4n) is 3.46. The van der Waals surface area contributed by atoms with Crippen molar-refractivity contribution in [1.29, 1.82) is 0 Å². The molecule has 0 bridgehead atoms. The van der Waals surface area contributed by atoms with Crippen molar-refractivity contribution in [1.82, 2.24) is 10.2 Å². The number of nitrogens with one attached hydrogen (secondary N) is 1. The van der Waals surface area contributed by atoms with Gasteiger partial charge in [-0.2, -0.15) is 0 Å². The lowest BCUT2D eigenvalue weighted by Gasteiger charge is -2.41. The second kappa shape index (κ2) is 6.36. The third-order valence-electron chi connectivity index (χ3n) is 5.13. The van der Waals surface area contributed by atoms with Gasteiger partial charge in [0, 0.05) is 36.7 Å². The molecule has 0 spiro atoms. The molecule has 3 atom stereocenters. The van der Waals surface area contributed by atoms with E-state index in [1.165, 1.54) is 24.1 Å². The Bertz CT molecular complexity index is 716. The normalized spacial score (nSPS) is 25.2. The molecule has 1 saturated carbocycles. The summed E-state index contributed by atoms with van der Waals surface area (Å²) in [5, 5.41) is 3.60. The number of rotatable bonds is 5. The molecule has 4 heteroatoms. The van der Waals surface area contributed by atoms with Crippen LogP contribution >= 0.6 is 0 Å². The molecule has 4 rings (SSSR count). The zero-order valence-electron chi connectivity index (χ0n) is 13.5. The molecule has 2 fully saturated rings. The summed E-state index contributed by atoms with van der Waals surface area (Å²) in [6.45, 7) is 1.62. The number of likely N-dealkylation sites (tertiary alicyclic amines) is 1. The molecule has 124 valence electrons. The zero-order valence-corrected chi connectivity index (χ0v) is 13.5. The van der Waals surface area contributed by atoms with Gasteiger partial charge in [0.25, 0.3) is 5.91 Å². The van der Waals surface area contributed by atoms with E-state index >= 15 is 0 Å². The van der Waals surface area contributed by atoms with Gasteiger partial charge in [0.05, 0.1) is 0 Å². The highest BCUT2D eigenvalue weighted by atomic mass is 19.1. The predicted molar refractivity (Wildman–Crippen MR) is 91.4 cm³/mol. The number of carbonyl (C=O) groups is 1. The van der Waals surface area contributed by atoms with E-state index in [0.717, 1.165) is 19.5 Å². The molecule has 1 unspecified atom stereocenters. The minimum Gasteiger partial charge on any atom is -0.334 e. The lowest BCUT2D eigenvalue weighted by molar-refractivity contribution is 0.0462. The topological polar surface area (TPSA) is 32.3 Å². The van der Waals surface area contributed by atoms with Crippen molar-refractivity contribution in [2.75, 3.05) is 13.1 Å². The zero-order chi connectivity index (χ0) is 16.5. The minimum absolute atomic E-state index is 0.00320. The smallest absolute Gasteiger partial charge is 0.254 e. The van der Waals surface area contributed by atoms with E-state index in [1.807, 2.05) is 11.0 Å². The fourth-order valence-corrected chi connectivity index (χ4v) is 3.46. The first-order valence-electron chi connectivity index (χ1n) is 8.57. The molecule has 2 aromatic carbocycles. The second-order valence-corrected chi connectivity index (χ2v) is 6.72. The van der Waals surface area contributed by atoms with Crippen molar-refractivity contribution in [3.8, 4) is 0 Å². The maximum absolute atomic E-state index is 13.0. The maximum Gasteiger partial charge on any atom is 0.254 e. The van der Waals surface area contributed by atoms with Crippen LogP contribution in [-0.2, 0) is 0 Å². The van der Waals surface area contributed by atoms with Gasteiger partial charge in [-0.15, -0.1) is 0 Å². The third kappa shape index (κ3) is 3.06. The highest BCUT2D eigenvalue weighted by Gasteiger charge is 2.40. The lowest BCUT2D eigenvalue weighted by Crippen LogP contribution is -2.55. The van der Waals surface area contributed by atoms with Crippen LogP contribution in [0.5, 0.6) is 0 Å². The van der Waals surface area contributed by atoms with E-state index in [-0.39, 0.29) is 17.8 Å². The largest absolute Gasteiger partial charge is 0.334 e. The Morgan fingerprint density at radius 1 is 1.12 bits per heavy atom. The molecule has 1 aliphatic heterocycles. The first-order chi connectivity index (χ1) is 11.7. The van der Waals surface area contributed by atoms with Crippen molar-refractivity contribution in [3.05, 3.63) is 71.5 Å². The van der Waals surface area contributed by atoms with E-state index in [2.05, 4.69) is 29.6 Å². The molecule has 2 aliphatic rings. The number of nitrogens with zero attached hydrogens (tertiary/aromatic N) is 1. The molecule has 1 amide bonds. The number of benzene rings is 2. The summed E-state index contributed by atoms with van der Waals surface area (Å²) in [4.78, 5) is 14.4. The predicted octanol–water partition coefficient (Wildman–Crippen LogP) is 3.19. The summed E-state index contributed by atoms with van der Waals surface area (Å²) in [6, 6.07) is 17.2. The van der Waals surface area contributed by atoms with Gasteiger partial charge in [0.2, 0.25) is 0 Å². The summed E-state index contributed by atoms with van der Waals surface area (Å²) in [5.74, 6) is 0.296. The average Bonchev–Trinajstić information content (AvgIpc) is 3.35. The van der Waals surface area contributed by atoms with Crippen molar-refractivity contribution in [2.45, 2.75) is 30.8 Å². The second-order valence-electron chi connectivity index (χ2n) is 6.72. The Morgan fingerprint density at radius 3 is 2.54 bits per heavy atom. The minimum atomic E-state index is -0.311. The summed E-state index contributed by atoms with van der Waals surface area (Å²) in [6.07, 6.45) is 2.20. The Hall–Kier alpha value is -2.20. The van der Waals surface area contributed by atoms with Crippen LogP contribution in [0.1, 0.15) is 34.7 Å². The Balaban J connectivity index is 1.29. The third-order valence-corrected chi connectivity index (χ3v) is 5.13.